The second-order valence-corrected chi connectivity index (χ2v) is 4.14. The molecule has 4 heteroatoms. The van der Waals surface area contributed by atoms with Crippen molar-refractivity contribution in [2.24, 2.45) is 11.8 Å². The van der Waals surface area contributed by atoms with Crippen LogP contribution in [-0.4, -0.2) is 34.9 Å². The summed E-state index contributed by atoms with van der Waals surface area (Å²) < 4.78 is 0. The molecule has 1 saturated heterocycles. The number of amidine groups is 1. The van der Waals surface area contributed by atoms with Crippen molar-refractivity contribution in [2.75, 3.05) is 13.1 Å². The lowest BCUT2D eigenvalue weighted by Crippen LogP contribution is -2.41. The number of hydrogen-bond donors (Lipinski definition) is 2. The van der Waals surface area contributed by atoms with Crippen LogP contribution in [-0.2, 0) is 4.79 Å². The van der Waals surface area contributed by atoms with E-state index in [-0.39, 0.29) is 11.8 Å². The fourth-order valence-corrected chi connectivity index (χ4v) is 1.73. The second-order valence-electron chi connectivity index (χ2n) is 4.14. The number of hydrogen-bond acceptors (Lipinski definition) is 2. The molecule has 0 aliphatic carbocycles. The number of likely N-dealkylation sites (tertiary alicyclic amines) is 1. The van der Waals surface area contributed by atoms with Crippen LogP contribution in [0.1, 0.15) is 26.7 Å². The third kappa shape index (κ3) is 2.47. The van der Waals surface area contributed by atoms with Gasteiger partial charge in [-0.05, 0) is 12.8 Å². The maximum Gasteiger partial charge on any atom is 0.306 e. The van der Waals surface area contributed by atoms with E-state index in [0.29, 0.717) is 31.8 Å². The van der Waals surface area contributed by atoms with Gasteiger partial charge in [0.05, 0.1) is 11.8 Å². The van der Waals surface area contributed by atoms with Gasteiger partial charge < -0.3 is 10.0 Å². The van der Waals surface area contributed by atoms with Gasteiger partial charge in [-0.2, -0.15) is 0 Å². The van der Waals surface area contributed by atoms with Gasteiger partial charge in [-0.3, -0.25) is 10.2 Å². The van der Waals surface area contributed by atoms with Gasteiger partial charge in [0.25, 0.3) is 0 Å². The number of carbonyl (C=O) groups is 1. The molecule has 4 nitrogen and oxygen atoms in total. The van der Waals surface area contributed by atoms with E-state index in [1.807, 2.05) is 18.7 Å². The molecule has 0 radical (unpaired) electrons. The molecule has 0 amide bonds. The summed E-state index contributed by atoms with van der Waals surface area (Å²) in [6, 6.07) is 0. The molecule has 0 unspecified atom stereocenters. The van der Waals surface area contributed by atoms with E-state index >= 15 is 0 Å². The van der Waals surface area contributed by atoms with Gasteiger partial charge in [-0.25, -0.2) is 0 Å². The minimum Gasteiger partial charge on any atom is -0.481 e. The van der Waals surface area contributed by atoms with Crippen LogP contribution in [0.2, 0.25) is 0 Å². The Bertz CT molecular complexity index is 230. The number of rotatable bonds is 2. The largest absolute Gasteiger partial charge is 0.481 e. The van der Waals surface area contributed by atoms with Crippen LogP contribution in [0.3, 0.4) is 0 Å². The van der Waals surface area contributed by atoms with Crippen LogP contribution in [0.5, 0.6) is 0 Å². The summed E-state index contributed by atoms with van der Waals surface area (Å²) in [7, 11) is 0. The Morgan fingerprint density at radius 3 is 2.29 bits per heavy atom. The zero-order valence-corrected chi connectivity index (χ0v) is 8.79. The van der Waals surface area contributed by atoms with Crippen LogP contribution in [0.15, 0.2) is 0 Å². The third-order valence-electron chi connectivity index (χ3n) is 2.73. The van der Waals surface area contributed by atoms with Crippen LogP contribution in [0.4, 0.5) is 0 Å². The van der Waals surface area contributed by atoms with Crippen molar-refractivity contribution in [3.8, 4) is 0 Å². The average Bonchev–Trinajstić information content (AvgIpc) is 2.16. The molecule has 0 atom stereocenters. The molecule has 0 bridgehead atoms. The van der Waals surface area contributed by atoms with Crippen molar-refractivity contribution in [1.29, 1.82) is 5.41 Å². The van der Waals surface area contributed by atoms with Crippen LogP contribution in [0, 0.1) is 17.2 Å². The predicted molar refractivity (Wildman–Crippen MR) is 54.5 cm³/mol. The Kier molecular flexibility index (Phi) is 3.49. The van der Waals surface area contributed by atoms with Crippen molar-refractivity contribution in [1.82, 2.24) is 4.90 Å². The molecule has 2 N–H and O–H groups in total. The summed E-state index contributed by atoms with van der Waals surface area (Å²) in [5, 5.41) is 16.6. The molecule has 0 aromatic rings. The van der Waals surface area contributed by atoms with Crippen molar-refractivity contribution in [3.05, 3.63) is 0 Å². The quantitative estimate of drug-likeness (QED) is 0.521. The summed E-state index contributed by atoms with van der Waals surface area (Å²) >= 11 is 0. The molecular weight excluding hydrogens is 180 g/mol. The Hall–Kier alpha value is -1.06. The van der Waals surface area contributed by atoms with E-state index in [2.05, 4.69) is 0 Å². The molecule has 1 rings (SSSR count). The van der Waals surface area contributed by atoms with E-state index < -0.39 is 5.97 Å². The van der Waals surface area contributed by atoms with Gasteiger partial charge in [0.1, 0.15) is 0 Å². The number of nitrogens with one attached hydrogen (secondary N) is 1. The summed E-state index contributed by atoms with van der Waals surface area (Å²) in [5.41, 5.74) is 0. The lowest BCUT2D eigenvalue weighted by atomic mass is 9.96. The van der Waals surface area contributed by atoms with Gasteiger partial charge in [-0.1, -0.05) is 13.8 Å². The maximum atomic E-state index is 10.7. The summed E-state index contributed by atoms with van der Waals surface area (Å²) in [6.45, 7) is 5.42. The van der Waals surface area contributed by atoms with Crippen molar-refractivity contribution >= 4 is 11.8 Å². The first-order valence-corrected chi connectivity index (χ1v) is 5.08. The predicted octanol–water partition coefficient (Wildman–Crippen LogP) is 1.42. The highest BCUT2D eigenvalue weighted by molar-refractivity contribution is 5.81. The Balaban J connectivity index is 2.43. The third-order valence-corrected chi connectivity index (χ3v) is 2.73. The normalized spacial score (nSPS) is 18.6. The molecule has 1 aliphatic rings. The fraction of sp³-hybridized carbons (Fsp3) is 0.800. The first-order valence-electron chi connectivity index (χ1n) is 5.08. The second kappa shape index (κ2) is 4.44. The van der Waals surface area contributed by atoms with Crippen LogP contribution < -0.4 is 0 Å². The van der Waals surface area contributed by atoms with Gasteiger partial charge in [-0.15, -0.1) is 0 Å². The molecule has 0 spiro atoms. The van der Waals surface area contributed by atoms with E-state index in [1.54, 1.807) is 0 Å². The molecule has 14 heavy (non-hydrogen) atoms. The standard InChI is InChI=1S/C10H18N2O2/c1-7(2)9(11)12-5-3-8(4-6-12)10(13)14/h7-8,11H,3-6H2,1-2H3,(H,13,14). The Labute approximate surface area is 84.4 Å². The van der Waals surface area contributed by atoms with Crippen LogP contribution >= 0.6 is 0 Å². The van der Waals surface area contributed by atoms with Gasteiger partial charge in [0.2, 0.25) is 0 Å². The Morgan fingerprint density at radius 1 is 1.43 bits per heavy atom. The van der Waals surface area contributed by atoms with E-state index in [0.717, 1.165) is 0 Å². The van der Waals surface area contributed by atoms with Gasteiger partial charge >= 0.3 is 5.97 Å². The van der Waals surface area contributed by atoms with Gasteiger partial charge in [0.15, 0.2) is 0 Å². The zero-order valence-electron chi connectivity index (χ0n) is 8.79. The van der Waals surface area contributed by atoms with Gasteiger partial charge in [0, 0.05) is 19.0 Å². The molecule has 0 aromatic carbocycles. The number of carboxylic acids is 1. The van der Waals surface area contributed by atoms with Crippen molar-refractivity contribution < 1.29 is 9.90 Å². The molecule has 1 fully saturated rings. The minimum absolute atomic E-state index is 0.203. The minimum atomic E-state index is -0.694. The number of nitrogens with zero attached hydrogens (tertiary/aromatic N) is 1. The number of carboxylic acid groups (broad SMARTS) is 1. The number of aliphatic carboxylic acids is 1. The molecular formula is C10H18N2O2. The van der Waals surface area contributed by atoms with Crippen molar-refractivity contribution in [2.45, 2.75) is 26.7 Å². The zero-order chi connectivity index (χ0) is 10.7. The van der Waals surface area contributed by atoms with E-state index in [4.69, 9.17) is 10.5 Å². The molecule has 1 aliphatic heterocycles. The molecule has 1 heterocycles. The Morgan fingerprint density at radius 2 is 1.93 bits per heavy atom. The van der Waals surface area contributed by atoms with E-state index in [9.17, 15) is 4.79 Å². The first kappa shape index (κ1) is 11.0. The topological polar surface area (TPSA) is 64.4 Å². The molecule has 0 aromatic heterocycles. The lowest BCUT2D eigenvalue weighted by Gasteiger charge is -2.33. The number of piperidine rings is 1. The molecule has 0 saturated carbocycles. The molecule has 80 valence electrons. The first-order chi connectivity index (χ1) is 6.52. The average molecular weight is 198 g/mol. The summed E-state index contributed by atoms with van der Waals surface area (Å²) in [6.07, 6.45) is 1.34. The van der Waals surface area contributed by atoms with Crippen LogP contribution in [0.25, 0.3) is 0 Å². The lowest BCUT2D eigenvalue weighted by molar-refractivity contribution is -0.143. The maximum absolute atomic E-state index is 10.7. The summed E-state index contributed by atoms with van der Waals surface area (Å²) in [4.78, 5) is 12.7. The monoisotopic (exact) mass is 198 g/mol. The van der Waals surface area contributed by atoms with Crippen molar-refractivity contribution in [3.63, 3.8) is 0 Å². The summed E-state index contributed by atoms with van der Waals surface area (Å²) in [5.74, 6) is -0.0304. The van der Waals surface area contributed by atoms with E-state index in [1.165, 1.54) is 0 Å². The smallest absolute Gasteiger partial charge is 0.306 e. The SMILES string of the molecule is CC(C)C(=N)N1CCC(C(=O)O)CC1. The highest BCUT2D eigenvalue weighted by atomic mass is 16.4. The highest BCUT2D eigenvalue weighted by Gasteiger charge is 2.26. The fourth-order valence-electron chi connectivity index (χ4n) is 1.73. The highest BCUT2D eigenvalue weighted by Crippen LogP contribution is 2.18.